The van der Waals surface area contributed by atoms with Crippen LogP contribution in [-0.4, -0.2) is 17.2 Å². The first-order chi connectivity index (χ1) is 7.41. The van der Waals surface area contributed by atoms with E-state index >= 15 is 0 Å². The van der Waals surface area contributed by atoms with Crippen molar-refractivity contribution in [3.05, 3.63) is 27.3 Å². The van der Waals surface area contributed by atoms with E-state index in [1.807, 2.05) is 20.8 Å². The minimum absolute atomic E-state index is 0.0404. The van der Waals surface area contributed by atoms with E-state index in [9.17, 15) is 9.90 Å². The first-order valence-electron chi connectivity index (χ1n) is 5.11. The standard InChI is InChI=1S/C12H15IO3/c1-7(2)8(3)16-12(15)10-6-9(13)4-5-11(10)14/h4-8,14H,1-3H3. The van der Waals surface area contributed by atoms with Crippen molar-refractivity contribution in [2.75, 3.05) is 0 Å². The zero-order valence-corrected chi connectivity index (χ0v) is 11.7. The number of carbonyl (C=O) groups excluding carboxylic acids is 1. The summed E-state index contributed by atoms with van der Waals surface area (Å²) >= 11 is 2.08. The van der Waals surface area contributed by atoms with Gasteiger partial charge in [0, 0.05) is 3.57 Å². The van der Waals surface area contributed by atoms with Gasteiger partial charge in [-0.25, -0.2) is 4.79 Å². The Hall–Kier alpha value is -0.780. The van der Waals surface area contributed by atoms with Gasteiger partial charge in [0.1, 0.15) is 17.4 Å². The quantitative estimate of drug-likeness (QED) is 0.682. The molecule has 1 atom stereocenters. The van der Waals surface area contributed by atoms with Crippen LogP contribution in [0.15, 0.2) is 18.2 Å². The van der Waals surface area contributed by atoms with Gasteiger partial charge >= 0.3 is 5.97 Å². The van der Waals surface area contributed by atoms with Crippen LogP contribution in [-0.2, 0) is 4.74 Å². The van der Waals surface area contributed by atoms with Gasteiger partial charge in [-0.1, -0.05) is 13.8 Å². The maximum atomic E-state index is 11.7. The molecule has 0 aliphatic rings. The van der Waals surface area contributed by atoms with Crippen molar-refractivity contribution in [1.29, 1.82) is 0 Å². The maximum absolute atomic E-state index is 11.7. The van der Waals surface area contributed by atoms with Gasteiger partial charge in [-0.3, -0.25) is 0 Å². The Balaban J connectivity index is 2.84. The molecular formula is C12H15IO3. The van der Waals surface area contributed by atoms with Crippen molar-refractivity contribution >= 4 is 28.6 Å². The monoisotopic (exact) mass is 334 g/mol. The number of phenolic OH excluding ortho intramolecular Hbond substituents is 1. The normalized spacial score (nSPS) is 12.6. The second kappa shape index (κ2) is 5.52. The summed E-state index contributed by atoms with van der Waals surface area (Å²) in [4.78, 5) is 11.7. The molecule has 1 rings (SSSR count). The van der Waals surface area contributed by atoms with Crippen LogP contribution in [0.25, 0.3) is 0 Å². The highest BCUT2D eigenvalue weighted by atomic mass is 127. The summed E-state index contributed by atoms with van der Waals surface area (Å²) in [5.74, 6) is -0.257. The summed E-state index contributed by atoms with van der Waals surface area (Å²) in [6.45, 7) is 5.80. The van der Waals surface area contributed by atoms with Gasteiger partial charge in [0.2, 0.25) is 0 Å². The van der Waals surface area contributed by atoms with Crippen molar-refractivity contribution < 1.29 is 14.6 Å². The lowest BCUT2D eigenvalue weighted by Gasteiger charge is -2.16. The van der Waals surface area contributed by atoms with Gasteiger partial charge in [0.05, 0.1) is 0 Å². The first-order valence-corrected chi connectivity index (χ1v) is 6.19. The van der Waals surface area contributed by atoms with Crippen LogP contribution in [0.3, 0.4) is 0 Å². The molecule has 1 unspecified atom stereocenters. The minimum atomic E-state index is -0.475. The van der Waals surface area contributed by atoms with Crippen molar-refractivity contribution in [2.45, 2.75) is 26.9 Å². The van der Waals surface area contributed by atoms with Gasteiger partial charge in [-0.05, 0) is 53.6 Å². The fraction of sp³-hybridized carbons (Fsp3) is 0.417. The van der Waals surface area contributed by atoms with Crippen molar-refractivity contribution in [3.63, 3.8) is 0 Å². The Labute approximate surface area is 109 Å². The summed E-state index contributed by atoms with van der Waals surface area (Å²) in [5.41, 5.74) is 0.222. The van der Waals surface area contributed by atoms with E-state index < -0.39 is 5.97 Å². The third-order valence-corrected chi connectivity index (χ3v) is 3.08. The zero-order valence-electron chi connectivity index (χ0n) is 9.53. The molecule has 0 heterocycles. The van der Waals surface area contributed by atoms with Gasteiger partial charge in [0.15, 0.2) is 0 Å². The summed E-state index contributed by atoms with van der Waals surface area (Å²) < 4.78 is 6.12. The van der Waals surface area contributed by atoms with Crippen LogP contribution in [0.2, 0.25) is 0 Å². The molecule has 1 N–H and O–H groups in total. The molecule has 0 radical (unpaired) electrons. The third kappa shape index (κ3) is 3.37. The molecule has 0 bridgehead atoms. The maximum Gasteiger partial charge on any atom is 0.342 e. The molecule has 0 spiro atoms. The highest BCUT2D eigenvalue weighted by molar-refractivity contribution is 14.1. The Morgan fingerprint density at radius 3 is 2.56 bits per heavy atom. The number of phenols is 1. The van der Waals surface area contributed by atoms with Crippen molar-refractivity contribution in [2.24, 2.45) is 5.92 Å². The van der Waals surface area contributed by atoms with E-state index in [0.29, 0.717) is 0 Å². The Bertz CT molecular complexity index is 388. The Morgan fingerprint density at radius 2 is 2.00 bits per heavy atom. The summed E-state index contributed by atoms with van der Waals surface area (Å²) in [5, 5.41) is 9.55. The summed E-state index contributed by atoms with van der Waals surface area (Å²) in [7, 11) is 0. The van der Waals surface area contributed by atoms with Gasteiger partial charge in [-0.2, -0.15) is 0 Å². The van der Waals surface area contributed by atoms with Gasteiger partial charge < -0.3 is 9.84 Å². The SMILES string of the molecule is CC(C)C(C)OC(=O)c1cc(I)ccc1O. The molecule has 1 aromatic carbocycles. The van der Waals surface area contributed by atoms with Gasteiger partial charge in [-0.15, -0.1) is 0 Å². The number of ether oxygens (including phenoxy) is 1. The van der Waals surface area contributed by atoms with Crippen LogP contribution < -0.4 is 0 Å². The lowest BCUT2D eigenvalue weighted by atomic mass is 10.1. The average molecular weight is 334 g/mol. The van der Waals surface area contributed by atoms with E-state index in [1.54, 1.807) is 12.1 Å². The molecule has 0 fully saturated rings. The number of halogens is 1. The summed E-state index contributed by atoms with van der Waals surface area (Å²) in [6, 6.07) is 4.85. The lowest BCUT2D eigenvalue weighted by Crippen LogP contribution is -2.20. The van der Waals surface area contributed by atoms with Crippen LogP contribution in [0, 0.1) is 9.49 Å². The smallest absolute Gasteiger partial charge is 0.342 e. The number of hydrogen-bond donors (Lipinski definition) is 1. The number of esters is 1. The molecule has 3 nitrogen and oxygen atoms in total. The van der Waals surface area contributed by atoms with Crippen LogP contribution in [0.4, 0.5) is 0 Å². The van der Waals surface area contributed by atoms with E-state index in [1.165, 1.54) is 6.07 Å². The fourth-order valence-corrected chi connectivity index (χ4v) is 1.53. The highest BCUT2D eigenvalue weighted by Gasteiger charge is 2.17. The first kappa shape index (κ1) is 13.3. The minimum Gasteiger partial charge on any atom is -0.507 e. The van der Waals surface area contributed by atoms with Crippen LogP contribution >= 0.6 is 22.6 Å². The molecule has 0 aromatic heterocycles. The zero-order chi connectivity index (χ0) is 12.3. The number of aromatic hydroxyl groups is 1. The third-order valence-electron chi connectivity index (χ3n) is 2.41. The molecular weight excluding hydrogens is 319 g/mol. The average Bonchev–Trinajstić information content (AvgIpc) is 2.21. The number of benzene rings is 1. The second-order valence-electron chi connectivity index (χ2n) is 4.02. The van der Waals surface area contributed by atoms with E-state index in [2.05, 4.69) is 22.6 Å². The van der Waals surface area contributed by atoms with E-state index in [4.69, 9.17) is 4.74 Å². The number of hydrogen-bond acceptors (Lipinski definition) is 3. The molecule has 88 valence electrons. The molecule has 16 heavy (non-hydrogen) atoms. The second-order valence-corrected chi connectivity index (χ2v) is 5.26. The highest BCUT2D eigenvalue weighted by Crippen LogP contribution is 2.21. The van der Waals surface area contributed by atoms with Gasteiger partial charge in [0.25, 0.3) is 0 Å². The Morgan fingerprint density at radius 1 is 1.38 bits per heavy atom. The molecule has 0 aliphatic carbocycles. The van der Waals surface area contributed by atoms with E-state index in [-0.39, 0.29) is 23.3 Å². The van der Waals surface area contributed by atoms with Crippen molar-refractivity contribution in [1.82, 2.24) is 0 Å². The Kier molecular flexibility index (Phi) is 4.58. The molecule has 0 saturated carbocycles. The number of carbonyl (C=O) groups is 1. The lowest BCUT2D eigenvalue weighted by molar-refractivity contribution is 0.0235. The predicted molar refractivity (Wildman–Crippen MR) is 70.5 cm³/mol. The molecule has 1 aromatic rings. The molecule has 0 amide bonds. The van der Waals surface area contributed by atoms with Crippen LogP contribution in [0.1, 0.15) is 31.1 Å². The van der Waals surface area contributed by atoms with Crippen molar-refractivity contribution in [3.8, 4) is 5.75 Å². The molecule has 4 heteroatoms. The number of rotatable bonds is 3. The fourth-order valence-electron chi connectivity index (χ4n) is 1.04. The molecule has 0 aliphatic heterocycles. The predicted octanol–water partition coefficient (Wildman–Crippen LogP) is 3.20. The summed E-state index contributed by atoms with van der Waals surface area (Å²) in [6.07, 6.45) is -0.162. The topological polar surface area (TPSA) is 46.5 Å². The van der Waals surface area contributed by atoms with E-state index in [0.717, 1.165) is 3.57 Å². The molecule has 0 saturated heterocycles. The largest absolute Gasteiger partial charge is 0.507 e. The van der Waals surface area contributed by atoms with Crippen LogP contribution in [0.5, 0.6) is 5.75 Å².